The largest absolute Gasteiger partial charge is 0.461 e. The smallest absolute Gasteiger partial charge is 0.336 e. The van der Waals surface area contributed by atoms with Crippen LogP contribution in [0.15, 0.2) is 63.8 Å². The fraction of sp³-hybridized carbons (Fsp3) is 0.292. The molecule has 2 heterocycles. The van der Waals surface area contributed by atoms with Crippen LogP contribution >= 0.6 is 0 Å². The van der Waals surface area contributed by atoms with E-state index >= 15 is 0 Å². The lowest BCUT2D eigenvalue weighted by molar-refractivity contribution is -0.149. The first-order valence-electron chi connectivity index (χ1n) is 10.0. The Morgan fingerprint density at radius 3 is 2.73 bits per heavy atom. The van der Waals surface area contributed by atoms with E-state index in [-0.39, 0.29) is 18.9 Å². The van der Waals surface area contributed by atoms with Gasteiger partial charge in [0.15, 0.2) is 0 Å². The van der Waals surface area contributed by atoms with E-state index in [1.165, 1.54) is 6.07 Å². The lowest BCUT2D eigenvalue weighted by Gasteiger charge is -2.16. The van der Waals surface area contributed by atoms with E-state index in [0.29, 0.717) is 24.2 Å². The SMILES string of the molecule is Cc1ccc2c(COC(=O)[C@H]3CC(=O)N(CCc4ccccc4)C3)cc(=O)oc2c1. The summed E-state index contributed by atoms with van der Waals surface area (Å²) in [7, 11) is 0. The molecule has 1 atom stereocenters. The molecule has 0 N–H and O–H groups in total. The Morgan fingerprint density at radius 1 is 1.13 bits per heavy atom. The molecule has 0 unspecified atom stereocenters. The molecule has 6 heteroatoms. The van der Waals surface area contributed by atoms with Crippen LogP contribution in [-0.4, -0.2) is 29.9 Å². The molecule has 0 radical (unpaired) electrons. The van der Waals surface area contributed by atoms with Crippen molar-refractivity contribution in [1.82, 2.24) is 4.90 Å². The van der Waals surface area contributed by atoms with Crippen LogP contribution in [0.5, 0.6) is 0 Å². The number of hydrogen-bond acceptors (Lipinski definition) is 5. The van der Waals surface area contributed by atoms with Crippen molar-refractivity contribution < 1.29 is 18.7 Å². The number of ether oxygens (including phenoxy) is 1. The van der Waals surface area contributed by atoms with Crippen molar-refractivity contribution in [3.63, 3.8) is 0 Å². The fourth-order valence-electron chi connectivity index (χ4n) is 3.78. The van der Waals surface area contributed by atoms with Gasteiger partial charge in [-0.2, -0.15) is 0 Å². The number of esters is 1. The highest BCUT2D eigenvalue weighted by molar-refractivity contribution is 5.87. The maximum Gasteiger partial charge on any atom is 0.336 e. The summed E-state index contributed by atoms with van der Waals surface area (Å²) in [5, 5.41) is 0.736. The molecular weight excluding hydrogens is 382 g/mol. The normalized spacial score (nSPS) is 16.2. The molecule has 1 aliphatic rings. The Labute approximate surface area is 174 Å². The van der Waals surface area contributed by atoms with E-state index in [1.807, 2.05) is 49.4 Å². The number of rotatable bonds is 6. The summed E-state index contributed by atoms with van der Waals surface area (Å²) >= 11 is 0. The molecule has 3 aromatic rings. The second-order valence-electron chi connectivity index (χ2n) is 7.67. The topological polar surface area (TPSA) is 76.8 Å². The molecule has 30 heavy (non-hydrogen) atoms. The predicted octanol–water partition coefficient (Wildman–Crippen LogP) is 3.24. The van der Waals surface area contributed by atoms with Gasteiger partial charge >= 0.3 is 11.6 Å². The Hall–Kier alpha value is -3.41. The summed E-state index contributed by atoms with van der Waals surface area (Å²) in [6.45, 7) is 2.82. The Kier molecular flexibility index (Phi) is 5.65. The number of hydrogen-bond donors (Lipinski definition) is 0. The van der Waals surface area contributed by atoms with Gasteiger partial charge in [-0.15, -0.1) is 0 Å². The van der Waals surface area contributed by atoms with Crippen LogP contribution in [0.1, 0.15) is 23.1 Å². The average molecular weight is 405 g/mol. The summed E-state index contributed by atoms with van der Waals surface area (Å²) in [5.41, 5.74) is 2.71. The highest BCUT2D eigenvalue weighted by Crippen LogP contribution is 2.22. The quantitative estimate of drug-likeness (QED) is 0.465. The van der Waals surface area contributed by atoms with Crippen molar-refractivity contribution in [2.45, 2.75) is 26.4 Å². The van der Waals surface area contributed by atoms with E-state index in [2.05, 4.69) is 0 Å². The van der Waals surface area contributed by atoms with Crippen molar-refractivity contribution in [3.8, 4) is 0 Å². The van der Waals surface area contributed by atoms with Gasteiger partial charge in [0.05, 0.1) is 5.92 Å². The van der Waals surface area contributed by atoms with E-state index in [1.54, 1.807) is 11.0 Å². The third-order valence-electron chi connectivity index (χ3n) is 5.42. The second-order valence-corrected chi connectivity index (χ2v) is 7.67. The Balaban J connectivity index is 1.37. The molecule has 1 saturated heterocycles. The number of likely N-dealkylation sites (tertiary alicyclic amines) is 1. The molecule has 6 nitrogen and oxygen atoms in total. The third-order valence-corrected chi connectivity index (χ3v) is 5.42. The third kappa shape index (κ3) is 4.43. The van der Waals surface area contributed by atoms with Crippen LogP contribution in [-0.2, 0) is 27.4 Å². The Bertz CT molecular complexity index is 1140. The maximum atomic E-state index is 12.6. The van der Waals surface area contributed by atoms with Crippen LogP contribution in [0.25, 0.3) is 11.0 Å². The number of benzene rings is 2. The predicted molar refractivity (Wildman–Crippen MR) is 112 cm³/mol. The van der Waals surface area contributed by atoms with Gasteiger partial charge in [0, 0.05) is 36.5 Å². The van der Waals surface area contributed by atoms with Crippen LogP contribution in [0.4, 0.5) is 0 Å². The van der Waals surface area contributed by atoms with Crippen LogP contribution in [0, 0.1) is 12.8 Å². The summed E-state index contributed by atoms with van der Waals surface area (Å²) in [6.07, 6.45) is 0.907. The minimum atomic E-state index is -0.484. The number of carbonyl (C=O) groups is 2. The van der Waals surface area contributed by atoms with Gasteiger partial charge in [0.25, 0.3) is 0 Å². The van der Waals surface area contributed by atoms with E-state index in [9.17, 15) is 14.4 Å². The van der Waals surface area contributed by atoms with Gasteiger partial charge in [-0.25, -0.2) is 4.79 Å². The first kappa shape index (κ1) is 19.9. The van der Waals surface area contributed by atoms with Gasteiger partial charge in [0.2, 0.25) is 5.91 Å². The molecule has 0 aliphatic carbocycles. The molecule has 2 aromatic carbocycles. The van der Waals surface area contributed by atoms with Gasteiger partial charge in [0.1, 0.15) is 12.2 Å². The number of amides is 1. The van der Waals surface area contributed by atoms with Gasteiger partial charge < -0.3 is 14.1 Å². The number of carbonyl (C=O) groups excluding carboxylic acids is 2. The van der Waals surface area contributed by atoms with Crippen molar-refractivity contribution in [1.29, 1.82) is 0 Å². The molecule has 1 aliphatic heterocycles. The molecule has 0 bridgehead atoms. The summed E-state index contributed by atoms with van der Waals surface area (Å²) in [4.78, 5) is 38.4. The van der Waals surface area contributed by atoms with E-state index in [4.69, 9.17) is 9.15 Å². The van der Waals surface area contributed by atoms with Gasteiger partial charge in [-0.1, -0.05) is 42.5 Å². The number of nitrogens with zero attached hydrogens (tertiary/aromatic N) is 1. The van der Waals surface area contributed by atoms with E-state index in [0.717, 1.165) is 22.9 Å². The average Bonchev–Trinajstić information content (AvgIpc) is 3.11. The van der Waals surface area contributed by atoms with Crippen molar-refractivity contribution in [2.24, 2.45) is 5.92 Å². The molecule has 1 fully saturated rings. The lowest BCUT2D eigenvalue weighted by atomic mass is 10.1. The summed E-state index contributed by atoms with van der Waals surface area (Å²) in [5.74, 6) is -0.935. The van der Waals surface area contributed by atoms with Crippen LogP contribution in [0.3, 0.4) is 0 Å². The molecule has 0 saturated carbocycles. The second kappa shape index (κ2) is 8.53. The van der Waals surface area contributed by atoms with E-state index < -0.39 is 17.5 Å². The minimum Gasteiger partial charge on any atom is -0.461 e. The number of fused-ring (bicyclic) bond motifs is 1. The molecule has 0 spiro atoms. The van der Waals surface area contributed by atoms with Crippen molar-refractivity contribution in [2.75, 3.05) is 13.1 Å². The molecule has 154 valence electrons. The zero-order valence-electron chi connectivity index (χ0n) is 16.8. The summed E-state index contributed by atoms with van der Waals surface area (Å²) < 4.78 is 10.7. The van der Waals surface area contributed by atoms with Gasteiger partial charge in [-0.3, -0.25) is 9.59 Å². The summed E-state index contributed by atoms with van der Waals surface area (Å²) in [6, 6.07) is 16.8. The Morgan fingerprint density at radius 2 is 1.93 bits per heavy atom. The van der Waals surface area contributed by atoms with Crippen LogP contribution in [0.2, 0.25) is 0 Å². The first-order valence-corrected chi connectivity index (χ1v) is 10.0. The first-order chi connectivity index (χ1) is 14.5. The molecule has 4 rings (SSSR count). The highest BCUT2D eigenvalue weighted by Gasteiger charge is 2.35. The maximum absolute atomic E-state index is 12.6. The molecular formula is C24H23NO5. The standard InChI is InChI=1S/C24H23NO5/c1-16-7-8-20-19(13-23(27)30-21(20)11-16)15-29-24(28)18-12-22(26)25(14-18)10-9-17-5-3-2-4-6-17/h2-8,11,13,18H,9-10,12,14-15H2,1H3/t18-/m0/s1. The fourth-order valence-corrected chi connectivity index (χ4v) is 3.78. The van der Waals surface area contributed by atoms with Crippen LogP contribution < -0.4 is 5.63 Å². The van der Waals surface area contributed by atoms with Gasteiger partial charge in [-0.05, 0) is 30.5 Å². The molecule has 1 amide bonds. The zero-order valence-corrected chi connectivity index (χ0v) is 16.8. The molecule has 1 aromatic heterocycles. The zero-order chi connectivity index (χ0) is 21.1. The minimum absolute atomic E-state index is 0.0291. The van der Waals surface area contributed by atoms with Crippen molar-refractivity contribution >= 4 is 22.8 Å². The van der Waals surface area contributed by atoms with Crippen molar-refractivity contribution in [3.05, 3.63) is 81.7 Å². The lowest BCUT2D eigenvalue weighted by Crippen LogP contribution is -2.28. The monoisotopic (exact) mass is 405 g/mol. The number of aryl methyl sites for hydroxylation is 1. The highest BCUT2D eigenvalue weighted by atomic mass is 16.5.